The molecule has 4 rings (SSSR count). The number of aromatic hydroxyl groups is 1. The molecule has 122 valence electrons. The standard InChI is InChI=1S/C18H23N3O2/c1-18-7-6-11-12(14(18)4-5-17(18)23)3-2-10-8-16(22)15(20-21-19)9-13(10)11/h8-9,11-12,14,17,22-23H,2-7H2,1H3/t11?,12?,14?,17-,18-/m0/s1. The van der Waals surface area contributed by atoms with Crippen LogP contribution in [0.2, 0.25) is 0 Å². The Morgan fingerprint density at radius 2 is 2.09 bits per heavy atom. The summed E-state index contributed by atoms with van der Waals surface area (Å²) in [6.07, 6.45) is 6.10. The highest BCUT2D eigenvalue weighted by atomic mass is 16.3. The Morgan fingerprint density at radius 3 is 2.87 bits per heavy atom. The molecule has 5 heteroatoms. The molecule has 0 bridgehead atoms. The van der Waals surface area contributed by atoms with Crippen molar-refractivity contribution in [3.8, 4) is 5.75 Å². The first-order chi connectivity index (χ1) is 11.0. The van der Waals surface area contributed by atoms with Gasteiger partial charge in [-0.25, -0.2) is 0 Å². The molecule has 3 unspecified atom stereocenters. The molecule has 5 atom stereocenters. The van der Waals surface area contributed by atoms with Crippen LogP contribution in [0.1, 0.15) is 56.1 Å². The fourth-order valence-electron chi connectivity index (χ4n) is 5.70. The zero-order valence-corrected chi connectivity index (χ0v) is 13.4. The van der Waals surface area contributed by atoms with Gasteiger partial charge in [0.2, 0.25) is 0 Å². The first-order valence-electron chi connectivity index (χ1n) is 8.63. The lowest BCUT2D eigenvalue weighted by molar-refractivity contribution is -0.0226. The second-order valence-electron chi connectivity index (χ2n) is 7.78. The van der Waals surface area contributed by atoms with Crippen LogP contribution in [-0.4, -0.2) is 16.3 Å². The van der Waals surface area contributed by atoms with Gasteiger partial charge < -0.3 is 10.2 Å². The summed E-state index contributed by atoms with van der Waals surface area (Å²) >= 11 is 0. The van der Waals surface area contributed by atoms with Gasteiger partial charge in [0.1, 0.15) is 5.75 Å². The molecule has 0 aromatic heterocycles. The second-order valence-corrected chi connectivity index (χ2v) is 7.78. The van der Waals surface area contributed by atoms with E-state index in [0.29, 0.717) is 23.4 Å². The molecule has 2 saturated carbocycles. The predicted molar refractivity (Wildman–Crippen MR) is 87.5 cm³/mol. The van der Waals surface area contributed by atoms with Crippen LogP contribution in [0, 0.1) is 17.3 Å². The molecule has 2 N–H and O–H groups in total. The molecule has 1 aromatic carbocycles. The van der Waals surface area contributed by atoms with E-state index in [9.17, 15) is 10.2 Å². The Bertz CT molecular complexity index is 698. The number of aliphatic hydroxyl groups excluding tert-OH is 1. The molecule has 0 saturated heterocycles. The number of benzene rings is 1. The molecule has 0 aliphatic heterocycles. The average molecular weight is 313 g/mol. The van der Waals surface area contributed by atoms with Crippen molar-refractivity contribution in [3.05, 3.63) is 33.7 Å². The average Bonchev–Trinajstić information content (AvgIpc) is 2.84. The lowest BCUT2D eigenvalue weighted by Gasteiger charge is -2.50. The van der Waals surface area contributed by atoms with E-state index in [2.05, 4.69) is 16.9 Å². The van der Waals surface area contributed by atoms with Crippen molar-refractivity contribution in [1.82, 2.24) is 0 Å². The molecule has 0 amide bonds. The number of aryl methyl sites for hydroxylation is 1. The minimum absolute atomic E-state index is 0.0726. The number of azide groups is 1. The highest BCUT2D eigenvalue weighted by Crippen LogP contribution is 2.61. The van der Waals surface area contributed by atoms with Gasteiger partial charge in [-0.1, -0.05) is 12.0 Å². The van der Waals surface area contributed by atoms with Gasteiger partial charge in [-0.3, -0.25) is 0 Å². The van der Waals surface area contributed by atoms with Gasteiger partial charge in [-0.05, 0) is 90.5 Å². The maximum absolute atomic E-state index is 10.4. The van der Waals surface area contributed by atoms with Crippen molar-refractivity contribution in [3.63, 3.8) is 0 Å². The second kappa shape index (κ2) is 5.15. The van der Waals surface area contributed by atoms with E-state index in [4.69, 9.17) is 5.53 Å². The molecule has 3 aliphatic carbocycles. The Hall–Kier alpha value is -1.71. The van der Waals surface area contributed by atoms with Crippen LogP contribution in [0.3, 0.4) is 0 Å². The molecule has 2 fully saturated rings. The van der Waals surface area contributed by atoms with Crippen molar-refractivity contribution in [2.45, 2.75) is 57.5 Å². The molecule has 1 aromatic rings. The minimum Gasteiger partial charge on any atom is -0.507 e. The molecule has 0 heterocycles. The molecular formula is C18H23N3O2. The molecular weight excluding hydrogens is 290 g/mol. The Labute approximate surface area is 136 Å². The molecule has 23 heavy (non-hydrogen) atoms. The van der Waals surface area contributed by atoms with E-state index in [1.807, 2.05) is 6.07 Å². The third-order valence-corrected chi connectivity index (χ3v) is 6.92. The van der Waals surface area contributed by atoms with Gasteiger partial charge in [-0.2, -0.15) is 0 Å². The monoisotopic (exact) mass is 313 g/mol. The van der Waals surface area contributed by atoms with E-state index >= 15 is 0 Å². The summed E-state index contributed by atoms with van der Waals surface area (Å²) in [7, 11) is 0. The Morgan fingerprint density at radius 1 is 1.26 bits per heavy atom. The van der Waals surface area contributed by atoms with E-state index in [1.54, 1.807) is 6.07 Å². The summed E-state index contributed by atoms with van der Waals surface area (Å²) in [5.41, 5.74) is 11.5. The first kappa shape index (κ1) is 14.9. The van der Waals surface area contributed by atoms with E-state index in [1.165, 1.54) is 11.1 Å². The van der Waals surface area contributed by atoms with Gasteiger partial charge >= 0.3 is 0 Å². The van der Waals surface area contributed by atoms with Gasteiger partial charge in [0.15, 0.2) is 0 Å². The van der Waals surface area contributed by atoms with Crippen LogP contribution in [0.4, 0.5) is 5.69 Å². The largest absolute Gasteiger partial charge is 0.507 e. The summed E-state index contributed by atoms with van der Waals surface area (Å²) in [5.74, 6) is 1.73. The summed E-state index contributed by atoms with van der Waals surface area (Å²) in [6, 6.07) is 3.68. The van der Waals surface area contributed by atoms with Gasteiger partial charge in [0.05, 0.1) is 11.8 Å². The lowest BCUT2D eigenvalue weighted by Crippen LogP contribution is -2.43. The smallest absolute Gasteiger partial charge is 0.125 e. The third-order valence-electron chi connectivity index (χ3n) is 6.92. The summed E-state index contributed by atoms with van der Waals surface area (Å²) in [6.45, 7) is 2.27. The molecule has 0 spiro atoms. The number of nitrogens with zero attached hydrogens (tertiary/aromatic N) is 3. The number of hydrogen-bond acceptors (Lipinski definition) is 3. The van der Waals surface area contributed by atoms with Crippen LogP contribution in [-0.2, 0) is 6.42 Å². The Kier molecular flexibility index (Phi) is 3.33. The Balaban J connectivity index is 1.74. The van der Waals surface area contributed by atoms with Crippen molar-refractivity contribution in [2.24, 2.45) is 22.4 Å². The van der Waals surface area contributed by atoms with Crippen molar-refractivity contribution in [2.75, 3.05) is 0 Å². The number of aliphatic hydroxyl groups is 1. The number of hydrogen-bond donors (Lipinski definition) is 2. The van der Waals surface area contributed by atoms with Crippen molar-refractivity contribution in [1.29, 1.82) is 0 Å². The SMILES string of the molecule is C[C@]12CCC3c4cc(N=[N+]=[N-])c(O)cc4CCC3C1CC[C@@H]2O. The predicted octanol–water partition coefficient (Wildman–Crippen LogP) is 4.55. The maximum atomic E-state index is 10.4. The van der Waals surface area contributed by atoms with Gasteiger partial charge in [-0.15, -0.1) is 0 Å². The fourth-order valence-corrected chi connectivity index (χ4v) is 5.70. The van der Waals surface area contributed by atoms with Crippen LogP contribution >= 0.6 is 0 Å². The van der Waals surface area contributed by atoms with Crippen LogP contribution < -0.4 is 0 Å². The number of phenols is 1. The number of fused-ring (bicyclic) bond motifs is 5. The van der Waals surface area contributed by atoms with Crippen molar-refractivity contribution < 1.29 is 10.2 Å². The van der Waals surface area contributed by atoms with Crippen LogP contribution in [0.5, 0.6) is 5.75 Å². The summed E-state index contributed by atoms with van der Waals surface area (Å²) in [4.78, 5) is 2.83. The zero-order valence-electron chi connectivity index (χ0n) is 13.4. The van der Waals surface area contributed by atoms with E-state index < -0.39 is 0 Å². The maximum Gasteiger partial charge on any atom is 0.125 e. The van der Waals surface area contributed by atoms with E-state index in [0.717, 1.165) is 38.5 Å². The minimum atomic E-state index is -0.159. The molecule has 0 radical (unpaired) electrons. The van der Waals surface area contributed by atoms with Crippen LogP contribution in [0.25, 0.3) is 10.4 Å². The number of rotatable bonds is 1. The number of phenolic OH excluding ortho intramolecular Hbond substituents is 1. The fraction of sp³-hybridized carbons (Fsp3) is 0.667. The topological polar surface area (TPSA) is 89.2 Å². The zero-order chi connectivity index (χ0) is 16.2. The summed E-state index contributed by atoms with van der Waals surface area (Å²) < 4.78 is 0. The quantitative estimate of drug-likeness (QED) is 0.452. The van der Waals surface area contributed by atoms with Crippen LogP contribution in [0.15, 0.2) is 17.2 Å². The highest BCUT2D eigenvalue weighted by molar-refractivity contribution is 5.57. The molecule has 3 aliphatic rings. The third kappa shape index (κ3) is 2.07. The molecule has 5 nitrogen and oxygen atoms in total. The van der Waals surface area contributed by atoms with E-state index in [-0.39, 0.29) is 17.3 Å². The first-order valence-corrected chi connectivity index (χ1v) is 8.63. The normalized spacial score (nSPS) is 38.2. The van der Waals surface area contributed by atoms with Gasteiger partial charge in [0, 0.05) is 4.91 Å². The van der Waals surface area contributed by atoms with Gasteiger partial charge in [0.25, 0.3) is 0 Å². The summed E-state index contributed by atoms with van der Waals surface area (Å²) in [5, 5.41) is 24.1. The van der Waals surface area contributed by atoms with Crippen molar-refractivity contribution >= 4 is 5.69 Å². The highest BCUT2D eigenvalue weighted by Gasteiger charge is 2.54. The lowest BCUT2D eigenvalue weighted by atomic mass is 9.55.